The first-order chi connectivity index (χ1) is 8.99. The highest BCUT2D eigenvalue weighted by Crippen LogP contribution is 2.25. The molecular formula is C12H9Cl2F2N3. The van der Waals surface area contributed by atoms with Gasteiger partial charge < -0.3 is 11.1 Å². The SMILES string of the molecule is Nc1ccc(Cl)nc1NCc1c(F)ccc(F)c1Cl. The Hall–Kier alpha value is -1.59. The molecular weight excluding hydrogens is 295 g/mol. The maximum absolute atomic E-state index is 13.5. The number of benzene rings is 1. The molecule has 7 heteroatoms. The zero-order valence-electron chi connectivity index (χ0n) is 9.55. The quantitative estimate of drug-likeness (QED) is 0.668. The van der Waals surface area contributed by atoms with Crippen LogP contribution >= 0.6 is 23.2 Å². The summed E-state index contributed by atoms with van der Waals surface area (Å²) in [5.41, 5.74) is 6.02. The predicted molar refractivity (Wildman–Crippen MR) is 72.4 cm³/mol. The second kappa shape index (κ2) is 5.59. The first kappa shape index (κ1) is 13.8. The van der Waals surface area contributed by atoms with Crippen LogP contribution in [0.25, 0.3) is 0 Å². The highest BCUT2D eigenvalue weighted by atomic mass is 35.5. The molecule has 0 atom stereocenters. The number of hydrogen-bond donors (Lipinski definition) is 2. The highest BCUT2D eigenvalue weighted by molar-refractivity contribution is 6.31. The van der Waals surface area contributed by atoms with Crippen molar-refractivity contribution >= 4 is 34.7 Å². The van der Waals surface area contributed by atoms with Crippen LogP contribution < -0.4 is 11.1 Å². The number of anilines is 2. The van der Waals surface area contributed by atoms with Gasteiger partial charge in [-0.05, 0) is 24.3 Å². The molecule has 0 saturated carbocycles. The third kappa shape index (κ3) is 3.05. The van der Waals surface area contributed by atoms with E-state index in [0.29, 0.717) is 5.69 Å². The van der Waals surface area contributed by atoms with Gasteiger partial charge in [-0.3, -0.25) is 0 Å². The molecule has 0 amide bonds. The van der Waals surface area contributed by atoms with Crippen LogP contribution in [0.5, 0.6) is 0 Å². The van der Waals surface area contributed by atoms with Crippen molar-refractivity contribution in [3.8, 4) is 0 Å². The zero-order chi connectivity index (χ0) is 14.0. The normalized spacial score (nSPS) is 10.5. The number of pyridine rings is 1. The van der Waals surface area contributed by atoms with Crippen molar-refractivity contribution in [1.82, 2.24) is 4.98 Å². The third-order valence-electron chi connectivity index (χ3n) is 2.46. The van der Waals surface area contributed by atoms with Gasteiger partial charge >= 0.3 is 0 Å². The van der Waals surface area contributed by atoms with Gasteiger partial charge in [0, 0.05) is 12.1 Å². The molecule has 0 aliphatic heterocycles. The van der Waals surface area contributed by atoms with Crippen LogP contribution in [0, 0.1) is 11.6 Å². The van der Waals surface area contributed by atoms with E-state index in [1.807, 2.05) is 0 Å². The monoisotopic (exact) mass is 303 g/mol. The Morgan fingerprint density at radius 2 is 1.79 bits per heavy atom. The summed E-state index contributed by atoms with van der Waals surface area (Å²) >= 11 is 11.4. The van der Waals surface area contributed by atoms with Gasteiger partial charge in [0.2, 0.25) is 0 Å². The molecule has 0 fully saturated rings. The number of halogens is 4. The number of hydrogen-bond acceptors (Lipinski definition) is 3. The van der Waals surface area contributed by atoms with Crippen LogP contribution in [-0.2, 0) is 6.54 Å². The minimum Gasteiger partial charge on any atom is -0.396 e. The van der Waals surface area contributed by atoms with Crippen molar-refractivity contribution in [3.05, 3.63) is 51.6 Å². The summed E-state index contributed by atoms with van der Waals surface area (Å²) in [6, 6.07) is 5.05. The van der Waals surface area contributed by atoms with E-state index in [-0.39, 0.29) is 28.1 Å². The van der Waals surface area contributed by atoms with Gasteiger partial charge in [-0.2, -0.15) is 0 Å². The Kier molecular flexibility index (Phi) is 4.07. The summed E-state index contributed by atoms with van der Waals surface area (Å²) in [7, 11) is 0. The van der Waals surface area contributed by atoms with Gasteiger partial charge in [0.25, 0.3) is 0 Å². The molecule has 3 N–H and O–H groups in total. The summed E-state index contributed by atoms with van der Waals surface area (Å²) in [6.45, 7) is -0.0556. The second-order valence-corrected chi connectivity index (χ2v) is 4.51. The number of aromatic nitrogens is 1. The number of rotatable bonds is 3. The molecule has 0 radical (unpaired) electrons. The Morgan fingerprint density at radius 1 is 1.11 bits per heavy atom. The van der Waals surface area contributed by atoms with E-state index in [1.165, 1.54) is 6.07 Å². The minimum absolute atomic E-state index is 0.00263. The predicted octanol–water partition coefficient (Wildman–Crippen LogP) is 3.86. The molecule has 1 aromatic heterocycles. The number of nitrogens with zero attached hydrogens (tertiary/aromatic N) is 1. The van der Waals surface area contributed by atoms with Crippen LogP contribution in [0.3, 0.4) is 0 Å². The number of nitrogen functional groups attached to an aromatic ring is 1. The van der Waals surface area contributed by atoms with E-state index in [1.54, 1.807) is 6.07 Å². The molecule has 2 rings (SSSR count). The summed E-state index contributed by atoms with van der Waals surface area (Å²) in [4.78, 5) is 3.94. The molecule has 0 unspecified atom stereocenters. The van der Waals surface area contributed by atoms with E-state index in [2.05, 4.69) is 10.3 Å². The third-order valence-corrected chi connectivity index (χ3v) is 3.08. The summed E-state index contributed by atoms with van der Waals surface area (Å²) in [6.07, 6.45) is 0. The Balaban J connectivity index is 2.24. The topological polar surface area (TPSA) is 50.9 Å². The second-order valence-electron chi connectivity index (χ2n) is 3.75. The molecule has 19 heavy (non-hydrogen) atoms. The fourth-order valence-corrected chi connectivity index (χ4v) is 1.86. The average Bonchev–Trinajstić information content (AvgIpc) is 2.38. The minimum atomic E-state index is -0.688. The van der Waals surface area contributed by atoms with Crippen molar-refractivity contribution < 1.29 is 8.78 Å². The molecule has 0 aliphatic rings. The lowest BCUT2D eigenvalue weighted by Gasteiger charge is -2.11. The lowest BCUT2D eigenvalue weighted by Crippen LogP contribution is -2.07. The lowest BCUT2D eigenvalue weighted by atomic mass is 10.2. The van der Waals surface area contributed by atoms with Crippen LogP contribution in [0.1, 0.15) is 5.56 Å². The molecule has 100 valence electrons. The van der Waals surface area contributed by atoms with Crippen molar-refractivity contribution in [3.63, 3.8) is 0 Å². The maximum atomic E-state index is 13.5. The summed E-state index contributed by atoms with van der Waals surface area (Å²) in [5.74, 6) is -1.02. The van der Waals surface area contributed by atoms with E-state index in [0.717, 1.165) is 12.1 Å². The Bertz CT molecular complexity index is 620. The van der Waals surface area contributed by atoms with Crippen LogP contribution in [0.15, 0.2) is 24.3 Å². The molecule has 1 heterocycles. The van der Waals surface area contributed by atoms with E-state index in [9.17, 15) is 8.78 Å². The van der Waals surface area contributed by atoms with E-state index < -0.39 is 11.6 Å². The number of nitrogens with two attached hydrogens (primary N) is 1. The molecule has 1 aromatic carbocycles. The van der Waals surface area contributed by atoms with Gasteiger partial charge in [0.05, 0.1) is 10.7 Å². The first-order valence-electron chi connectivity index (χ1n) is 5.27. The van der Waals surface area contributed by atoms with Crippen molar-refractivity contribution in [2.75, 3.05) is 11.1 Å². The molecule has 0 bridgehead atoms. The van der Waals surface area contributed by atoms with Gasteiger partial charge in [-0.25, -0.2) is 13.8 Å². The molecule has 0 aliphatic carbocycles. The van der Waals surface area contributed by atoms with Gasteiger partial charge in [-0.15, -0.1) is 0 Å². The molecule has 0 spiro atoms. The number of nitrogens with one attached hydrogen (secondary N) is 1. The van der Waals surface area contributed by atoms with Crippen LogP contribution in [-0.4, -0.2) is 4.98 Å². The largest absolute Gasteiger partial charge is 0.396 e. The molecule has 3 nitrogen and oxygen atoms in total. The van der Waals surface area contributed by atoms with Crippen LogP contribution in [0.2, 0.25) is 10.2 Å². The van der Waals surface area contributed by atoms with E-state index >= 15 is 0 Å². The summed E-state index contributed by atoms with van der Waals surface area (Å²) in [5, 5.41) is 2.74. The summed E-state index contributed by atoms with van der Waals surface area (Å²) < 4.78 is 26.8. The molecule has 2 aromatic rings. The highest BCUT2D eigenvalue weighted by Gasteiger charge is 2.12. The van der Waals surface area contributed by atoms with Crippen molar-refractivity contribution in [2.45, 2.75) is 6.54 Å². The first-order valence-corrected chi connectivity index (χ1v) is 6.03. The van der Waals surface area contributed by atoms with Crippen LogP contribution in [0.4, 0.5) is 20.3 Å². The van der Waals surface area contributed by atoms with Gasteiger partial charge in [-0.1, -0.05) is 23.2 Å². The fraction of sp³-hybridized carbons (Fsp3) is 0.0833. The fourth-order valence-electron chi connectivity index (χ4n) is 1.49. The zero-order valence-corrected chi connectivity index (χ0v) is 11.1. The van der Waals surface area contributed by atoms with Gasteiger partial charge in [0.1, 0.15) is 16.8 Å². The average molecular weight is 304 g/mol. The van der Waals surface area contributed by atoms with E-state index in [4.69, 9.17) is 28.9 Å². The smallest absolute Gasteiger partial charge is 0.151 e. The Labute approximate surface area is 118 Å². The standard InChI is InChI=1S/C12H9Cl2F2N3/c13-10-4-3-9(17)12(19-10)18-5-6-7(15)1-2-8(16)11(6)14/h1-4H,5,17H2,(H,18,19). The Morgan fingerprint density at radius 3 is 2.53 bits per heavy atom. The molecule has 0 saturated heterocycles. The van der Waals surface area contributed by atoms with Crippen molar-refractivity contribution in [2.24, 2.45) is 0 Å². The van der Waals surface area contributed by atoms with Gasteiger partial charge in [0.15, 0.2) is 5.82 Å². The lowest BCUT2D eigenvalue weighted by molar-refractivity contribution is 0.588. The maximum Gasteiger partial charge on any atom is 0.151 e. The van der Waals surface area contributed by atoms with Crippen molar-refractivity contribution in [1.29, 1.82) is 0 Å².